The lowest BCUT2D eigenvalue weighted by Gasteiger charge is -2.31. The molecule has 0 aliphatic carbocycles. The normalized spacial score (nSPS) is 17.8. The van der Waals surface area contributed by atoms with Gasteiger partial charge in [0.15, 0.2) is 17.6 Å². The van der Waals surface area contributed by atoms with E-state index in [2.05, 4.69) is 0 Å². The van der Waals surface area contributed by atoms with E-state index >= 15 is 0 Å². The van der Waals surface area contributed by atoms with Crippen molar-refractivity contribution >= 4 is 5.97 Å². The molecular weight excluding hydrogens is 363 g/mol. The first-order valence-corrected chi connectivity index (χ1v) is 8.72. The summed E-state index contributed by atoms with van der Waals surface area (Å²) in [6.45, 7) is 0.299. The molecular formula is C22H17FO5. The Labute approximate surface area is 160 Å². The number of benzene rings is 3. The summed E-state index contributed by atoms with van der Waals surface area (Å²) in [5, 5.41) is 9.52. The van der Waals surface area contributed by atoms with Crippen LogP contribution in [0.25, 0.3) is 0 Å². The maximum atomic E-state index is 12.9. The van der Waals surface area contributed by atoms with E-state index in [4.69, 9.17) is 14.2 Å². The third kappa shape index (κ3) is 3.76. The highest BCUT2D eigenvalue weighted by atomic mass is 19.1. The zero-order valence-electron chi connectivity index (χ0n) is 14.7. The van der Waals surface area contributed by atoms with E-state index in [9.17, 15) is 14.3 Å². The molecule has 0 radical (unpaired) electrons. The third-order valence-electron chi connectivity index (χ3n) is 4.40. The Morgan fingerprint density at radius 2 is 1.57 bits per heavy atom. The molecule has 4 rings (SSSR count). The first-order valence-electron chi connectivity index (χ1n) is 8.72. The molecule has 142 valence electrons. The van der Waals surface area contributed by atoms with Crippen molar-refractivity contribution in [2.24, 2.45) is 0 Å². The molecule has 3 aromatic rings. The van der Waals surface area contributed by atoms with Crippen molar-refractivity contribution in [1.82, 2.24) is 0 Å². The van der Waals surface area contributed by atoms with Crippen molar-refractivity contribution in [3.05, 3.63) is 89.7 Å². The predicted molar refractivity (Wildman–Crippen MR) is 99.0 cm³/mol. The number of ether oxygens (including phenoxy) is 3. The molecule has 2 atom stereocenters. The number of para-hydroxylation sites is 2. The summed E-state index contributed by atoms with van der Waals surface area (Å²) in [5.74, 6) is 0.123. The van der Waals surface area contributed by atoms with E-state index in [1.165, 1.54) is 12.1 Å². The van der Waals surface area contributed by atoms with Crippen molar-refractivity contribution in [2.75, 3.05) is 0 Å². The van der Waals surface area contributed by atoms with Crippen molar-refractivity contribution < 1.29 is 28.5 Å². The van der Waals surface area contributed by atoms with Gasteiger partial charge in [0.2, 0.25) is 6.10 Å². The Bertz CT molecular complexity index is 969. The monoisotopic (exact) mass is 380 g/mol. The lowest BCUT2D eigenvalue weighted by Crippen LogP contribution is -2.39. The van der Waals surface area contributed by atoms with E-state index < -0.39 is 18.2 Å². The Kier molecular flexibility index (Phi) is 4.85. The van der Waals surface area contributed by atoms with Crippen LogP contribution < -0.4 is 14.2 Å². The van der Waals surface area contributed by atoms with E-state index in [0.717, 1.165) is 5.56 Å². The Morgan fingerprint density at radius 3 is 2.21 bits per heavy atom. The van der Waals surface area contributed by atoms with Crippen LogP contribution in [0.5, 0.6) is 17.2 Å². The lowest BCUT2D eigenvalue weighted by molar-refractivity contribution is -0.151. The van der Waals surface area contributed by atoms with E-state index in [0.29, 0.717) is 29.4 Å². The topological polar surface area (TPSA) is 65.0 Å². The van der Waals surface area contributed by atoms with Crippen molar-refractivity contribution in [3.63, 3.8) is 0 Å². The molecule has 0 saturated heterocycles. The number of carbonyl (C=O) groups is 1. The van der Waals surface area contributed by atoms with Crippen LogP contribution in [-0.2, 0) is 11.4 Å². The molecule has 0 amide bonds. The highest BCUT2D eigenvalue weighted by Gasteiger charge is 2.38. The number of carboxylic acid groups (broad SMARTS) is 1. The van der Waals surface area contributed by atoms with Crippen LogP contribution in [0.2, 0.25) is 0 Å². The van der Waals surface area contributed by atoms with Gasteiger partial charge in [-0.2, -0.15) is 0 Å². The second-order valence-corrected chi connectivity index (χ2v) is 6.35. The van der Waals surface area contributed by atoms with Crippen LogP contribution in [0, 0.1) is 5.82 Å². The first-order chi connectivity index (χ1) is 13.6. The van der Waals surface area contributed by atoms with Crippen LogP contribution in [-0.4, -0.2) is 17.2 Å². The van der Waals surface area contributed by atoms with Crippen molar-refractivity contribution in [1.29, 1.82) is 0 Å². The fourth-order valence-corrected chi connectivity index (χ4v) is 2.97. The quantitative estimate of drug-likeness (QED) is 0.712. The maximum Gasteiger partial charge on any atom is 0.349 e. The summed E-state index contributed by atoms with van der Waals surface area (Å²) in [4.78, 5) is 11.6. The van der Waals surface area contributed by atoms with Gasteiger partial charge in [0.25, 0.3) is 0 Å². The summed E-state index contributed by atoms with van der Waals surface area (Å²) >= 11 is 0. The van der Waals surface area contributed by atoms with E-state index in [-0.39, 0.29) is 5.82 Å². The molecule has 3 aromatic carbocycles. The molecule has 1 aliphatic rings. The molecule has 28 heavy (non-hydrogen) atoms. The minimum atomic E-state index is -1.15. The van der Waals surface area contributed by atoms with Gasteiger partial charge in [-0.05, 0) is 47.5 Å². The minimum Gasteiger partial charge on any atom is -0.489 e. The molecule has 0 aromatic heterocycles. The van der Waals surface area contributed by atoms with E-state index in [1.54, 1.807) is 60.7 Å². The van der Waals surface area contributed by atoms with Crippen LogP contribution in [0.4, 0.5) is 4.39 Å². The fraction of sp³-hybridized carbons (Fsp3) is 0.136. The number of rotatable bonds is 5. The molecule has 0 spiro atoms. The minimum absolute atomic E-state index is 0.294. The maximum absolute atomic E-state index is 12.9. The molecule has 2 unspecified atom stereocenters. The number of halogens is 1. The summed E-state index contributed by atoms with van der Waals surface area (Å²) in [6, 6.07) is 20.0. The molecule has 1 N–H and O–H groups in total. The molecule has 6 heteroatoms. The fourth-order valence-electron chi connectivity index (χ4n) is 2.97. The van der Waals surface area contributed by atoms with Gasteiger partial charge in [0, 0.05) is 0 Å². The zero-order valence-corrected chi connectivity index (χ0v) is 14.7. The van der Waals surface area contributed by atoms with Gasteiger partial charge in [-0.15, -0.1) is 0 Å². The SMILES string of the molecule is O=C(O)C1Oc2ccccc2OC1c1ccc(OCc2ccc(F)cc2)cc1. The van der Waals surface area contributed by atoms with E-state index in [1.807, 2.05) is 0 Å². The summed E-state index contributed by atoms with van der Waals surface area (Å²) in [6.07, 6.45) is -1.93. The first kappa shape index (κ1) is 17.9. The second kappa shape index (κ2) is 7.60. The Morgan fingerprint density at radius 1 is 0.929 bits per heavy atom. The Hall–Kier alpha value is -3.54. The van der Waals surface area contributed by atoms with Gasteiger partial charge >= 0.3 is 5.97 Å². The summed E-state index contributed by atoms with van der Waals surface area (Å²) < 4.78 is 30.2. The largest absolute Gasteiger partial charge is 0.489 e. The number of hydrogen-bond donors (Lipinski definition) is 1. The summed E-state index contributed by atoms with van der Waals surface area (Å²) in [5.41, 5.74) is 1.51. The standard InChI is InChI=1S/C22H17FO5/c23-16-9-5-14(6-10-16)13-26-17-11-7-15(8-12-17)20-21(22(24)25)28-19-4-2-1-3-18(19)27-20/h1-12,20-21H,13H2,(H,24,25). The number of carboxylic acids is 1. The van der Waals surface area contributed by atoms with Gasteiger partial charge in [-0.3, -0.25) is 0 Å². The average Bonchev–Trinajstić information content (AvgIpc) is 2.73. The average molecular weight is 380 g/mol. The molecule has 1 heterocycles. The van der Waals surface area contributed by atoms with Gasteiger partial charge < -0.3 is 19.3 Å². The molecule has 1 aliphatic heterocycles. The molecule has 0 saturated carbocycles. The van der Waals surface area contributed by atoms with Gasteiger partial charge in [0.1, 0.15) is 18.2 Å². The number of hydrogen-bond acceptors (Lipinski definition) is 4. The van der Waals surface area contributed by atoms with Crippen molar-refractivity contribution in [2.45, 2.75) is 18.8 Å². The number of aliphatic carboxylic acids is 1. The predicted octanol–water partition coefficient (Wildman–Crippen LogP) is 4.37. The van der Waals surface area contributed by atoms with Crippen molar-refractivity contribution in [3.8, 4) is 17.2 Å². The lowest BCUT2D eigenvalue weighted by atomic mass is 10.0. The molecule has 0 bridgehead atoms. The smallest absolute Gasteiger partial charge is 0.349 e. The zero-order chi connectivity index (χ0) is 19.5. The number of fused-ring (bicyclic) bond motifs is 1. The molecule has 5 nitrogen and oxygen atoms in total. The highest BCUT2D eigenvalue weighted by molar-refractivity contribution is 5.75. The van der Waals surface area contributed by atoms with Crippen LogP contribution in [0.3, 0.4) is 0 Å². The van der Waals surface area contributed by atoms with Crippen LogP contribution in [0.15, 0.2) is 72.8 Å². The van der Waals surface area contributed by atoms with Crippen LogP contribution >= 0.6 is 0 Å². The van der Waals surface area contributed by atoms with Gasteiger partial charge in [-0.25, -0.2) is 9.18 Å². The second-order valence-electron chi connectivity index (χ2n) is 6.35. The third-order valence-corrected chi connectivity index (χ3v) is 4.40. The van der Waals surface area contributed by atoms with Crippen LogP contribution in [0.1, 0.15) is 17.2 Å². The highest BCUT2D eigenvalue weighted by Crippen LogP contribution is 2.39. The van der Waals surface area contributed by atoms with Gasteiger partial charge in [0.05, 0.1) is 0 Å². The Balaban J connectivity index is 1.49. The van der Waals surface area contributed by atoms with Gasteiger partial charge in [-0.1, -0.05) is 36.4 Å². The molecule has 0 fully saturated rings. The summed E-state index contributed by atoms with van der Waals surface area (Å²) in [7, 11) is 0.